The Labute approximate surface area is 126 Å². The predicted octanol–water partition coefficient (Wildman–Crippen LogP) is 1.56. The monoisotopic (exact) mass is 286 g/mol. The molecule has 1 heterocycles. The summed E-state index contributed by atoms with van der Waals surface area (Å²) in [5, 5.41) is 0. The number of nitrogens with zero attached hydrogens (tertiary/aromatic N) is 1. The van der Waals surface area contributed by atoms with E-state index < -0.39 is 0 Å². The number of carbonyl (C=O) groups excluding carboxylic acids is 1. The van der Waals surface area contributed by atoms with Gasteiger partial charge in [-0.2, -0.15) is 0 Å². The standard InChI is InChI=1S/C17H22N2O2/c1-13-14(7-5-9-18)6-4-8-15(13)16(20)19-10-11-21-17(2,3)12-19/h4,6,8H,9-12,18H2,1-3H3. The summed E-state index contributed by atoms with van der Waals surface area (Å²) in [5.41, 5.74) is 7.59. The van der Waals surface area contributed by atoms with E-state index in [9.17, 15) is 4.79 Å². The van der Waals surface area contributed by atoms with E-state index in [4.69, 9.17) is 10.5 Å². The summed E-state index contributed by atoms with van der Waals surface area (Å²) in [6.07, 6.45) is 0. The van der Waals surface area contributed by atoms with Crippen molar-refractivity contribution in [2.75, 3.05) is 26.2 Å². The van der Waals surface area contributed by atoms with E-state index in [2.05, 4.69) is 11.8 Å². The zero-order chi connectivity index (χ0) is 15.5. The van der Waals surface area contributed by atoms with Crippen molar-refractivity contribution in [3.63, 3.8) is 0 Å². The lowest BCUT2D eigenvalue weighted by molar-refractivity contribution is -0.0764. The van der Waals surface area contributed by atoms with Crippen LogP contribution in [-0.2, 0) is 4.74 Å². The maximum Gasteiger partial charge on any atom is 0.254 e. The molecule has 0 bridgehead atoms. The molecule has 2 rings (SSSR count). The number of rotatable bonds is 1. The molecule has 21 heavy (non-hydrogen) atoms. The highest BCUT2D eigenvalue weighted by molar-refractivity contribution is 5.96. The average molecular weight is 286 g/mol. The van der Waals surface area contributed by atoms with E-state index >= 15 is 0 Å². The van der Waals surface area contributed by atoms with Crippen LogP contribution < -0.4 is 5.73 Å². The van der Waals surface area contributed by atoms with Gasteiger partial charge < -0.3 is 15.4 Å². The predicted molar refractivity (Wildman–Crippen MR) is 83.0 cm³/mol. The molecule has 4 heteroatoms. The first kappa shape index (κ1) is 15.6. The van der Waals surface area contributed by atoms with Crippen LogP contribution in [0.2, 0.25) is 0 Å². The largest absolute Gasteiger partial charge is 0.372 e. The molecular formula is C17H22N2O2. The third-order valence-corrected chi connectivity index (χ3v) is 3.60. The molecule has 1 aromatic rings. The molecule has 0 atom stereocenters. The van der Waals surface area contributed by atoms with Crippen LogP contribution in [0.1, 0.15) is 35.3 Å². The first-order valence-corrected chi connectivity index (χ1v) is 7.16. The lowest BCUT2D eigenvalue weighted by Crippen LogP contribution is -2.50. The Hall–Kier alpha value is -1.83. The SMILES string of the molecule is Cc1c(C#CCN)cccc1C(=O)N1CCOC(C)(C)C1. The Morgan fingerprint density at radius 1 is 1.48 bits per heavy atom. The fourth-order valence-electron chi connectivity index (χ4n) is 2.51. The fourth-order valence-corrected chi connectivity index (χ4v) is 2.51. The van der Waals surface area contributed by atoms with Gasteiger partial charge in [-0.25, -0.2) is 0 Å². The summed E-state index contributed by atoms with van der Waals surface area (Å²) in [7, 11) is 0. The van der Waals surface area contributed by atoms with Crippen molar-refractivity contribution >= 4 is 5.91 Å². The number of amides is 1. The average Bonchev–Trinajstić information content (AvgIpc) is 2.44. The molecule has 0 unspecified atom stereocenters. The molecule has 1 fully saturated rings. The van der Waals surface area contributed by atoms with Crippen LogP contribution in [-0.4, -0.2) is 42.6 Å². The first-order chi connectivity index (χ1) is 9.94. The van der Waals surface area contributed by atoms with Gasteiger partial charge >= 0.3 is 0 Å². The minimum absolute atomic E-state index is 0.0419. The highest BCUT2D eigenvalue weighted by Gasteiger charge is 2.30. The molecule has 1 aromatic carbocycles. The van der Waals surface area contributed by atoms with Gasteiger partial charge in [0.05, 0.1) is 18.8 Å². The van der Waals surface area contributed by atoms with E-state index in [1.165, 1.54) is 0 Å². The molecule has 4 nitrogen and oxygen atoms in total. The highest BCUT2D eigenvalue weighted by atomic mass is 16.5. The molecule has 0 saturated carbocycles. The van der Waals surface area contributed by atoms with Crippen molar-refractivity contribution in [1.82, 2.24) is 4.90 Å². The summed E-state index contributed by atoms with van der Waals surface area (Å²) in [6.45, 7) is 8.05. The van der Waals surface area contributed by atoms with Crippen LogP contribution in [0.3, 0.4) is 0 Å². The second-order valence-corrected chi connectivity index (χ2v) is 5.82. The molecule has 1 aliphatic heterocycles. The fraction of sp³-hybridized carbons (Fsp3) is 0.471. The lowest BCUT2D eigenvalue weighted by Gasteiger charge is -2.38. The molecule has 2 N–H and O–H groups in total. The minimum Gasteiger partial charge on any atom is -0.372 e. The van der Waals surface area contributed by atoms with Gasteiger partial charge in [-0.05, 0) is 38.5 Å². The maximum absolute atomic E-state index is 12.7. The lowest BCUT2D eigenvalue weighted by atomic mass is 10.00. The van der Waals surface area contributed by atoms with Crippen LogP contribution in [0.4, 0.5) is 0 Å². The van der Waals surface area contributed by atoms with E-state index in [0.29, 0.717) is 31.8 Å². The highest BCUT2D eigenvalue weighted by Crippen LogP contribution is 2.21. The maximum atomic E-state index is 12.7. The molecule has 1 aliphatic rings. The topological polar surface area (TPSA) is 55.6 Å². The number of carbonyl (C=O) groups is 1. The number of nitrogens with two attached hydrogens (primary N) is 1. The van der Waals surface area contributed by atoms with Crippen molar-refractivity contribution in [2.45, 2.75) is 26.4 Å². The van der Waals surface area contributed by atoms with Gasteiger partial charge in [0.15, 0.2) is 0 Å². The van der Waals surface area contributed by atoms with Gasteiger partial charge in [0.2, 0.25) is 0 Å². The second-order valence-electron chi connectivity index (χ2n) is 5.82. The van der Waals surface area contributed by atoms with E-state index in [0.717, 1.165) is 11.1 Å². The Morgan fingerprint density at radius 2 is 2.24 bits per heavy atom. The van der Waals surface area contributed by atoms with Gasteiger partial charge in [0.25, 0.3) is 5.91 Å². The molecule has 0 aromatic heterocycles. The molecule has 0 aliphatic carbocycles. The van der Waals surface area contributed by atoms with Gasteiger partial charge in [0.1, 0.15) is 0 Å². The summed E-state index contributed by atoms with van der Waals surface area (Å²) in [5.74, 6) is 5.90. The van der Waals surface area contributed by atoms with Crippen molar-refractivity contribution in [3.05, 3.63) is 34.9 Å². The minimum atomic E-state index is -0.293. The summed E-state index contributed by atoms with van der Waals surface area (Å²) >= 11 is 0. The summed E-state index contributed by atoms with van der Waals surface area (Å²) in [4.78, 5) is 14.6. The molecule has 1 saturated heterocycles. The Morgan fingerprint density at radius 3 is 2.90 bits per heavy atom. The van der Waals surface area contributed by atoms with Gasteiger partial charge in [-0.3, -0.25) is 4.79 Å². The van der Waals surface area contributed by atoms with E-state index in [1.807, 2.05) is 43.9 Å². The second kappa shape index (κ2) is 6.30. The Bertz CT molecular complexity index is 597. The van der Waals surface area contributed by atoms with Gasteiger partial charge in [-0.15, -0.1) is 0 Å². The Kier molecular flexibility index (Phi) is 4.66. The van der Waals surface area contributed by atoms with Crippen LogP contribution >= 0.6 is 0 Å². The van der Waals surface area contributed by atoms with Gasteiger partial charge in [-0.1, -0.05) is 17.9 Å². The zero-order valence-corrected chi connectivity index (χ0v) is 12.9. The molecule has 0 radical (unpaired) electrons. The summed E-state index contributed by atoms with van der Waals surface area (Å²) < 4.78 is 5.66. The number of hydrogen-bond donors (Lipinski definition) is 1. The smallest absolute Gasteiger partial charge is 0.254 e. The molecule has 1 amide bonds. The Balaban J connectivity index is 2.27. The van der Waals surface area contributed by atoms with Crippen molar-refractivity contribution < 1.29 is 9.53 Å². The summed E-state index contributed by atoms with van der Waals surface area (Å²) in [6, 6.07) is 5.64. The van der Waals surface area contributed by atoms with Crippen LogP contribution in [0.15, 0.2) is 18.2 Å². The quantitative estimate of drug-likeness (QED) is 0.797. The zero-order valence-electron chi connectivity index (χ0n) is 12.9. The van der Waals surface area contributed by atoms with E-state index in [1.54, 1.807) is 0 Å². The van der Waals surface area contributed by atoms with Gasteiger partial charge in [0, 0.05) is 24.2 Å². The molecule has 112 valence electrons. The van der Waals surface area contributed by atoms with Crippen molar-refractivity contribution in [3.8, 4) is 11.8 Å². The first-order valence-electron chi connectivity index (χ1n) is 7.16. The van der Waals surface area contributed by atoms with E-state index in [-0.39, 0.29) is 11.5 Å². The third-order valence-electron chi connectivity index (χ3n) is 3.60. The normalized spacial score (nSPS) is 17.0. The van der Waals surface area contributed by atoms with Crippen molar-refractivity contribution in [2.24, 2.45) is 5.73 Å². The number of morpholine rings is 1. The molecular weight excluding hydrogens is 264 g/mol. The van der Waals surface area contributed by atoms with Crippen molar-refractivity contribution in [1.29, 1.82) is 0 Å². The number of benzene rings is 1. The van der Waals surface area contributed by atoms with Crippen LogP contribution in [0, 0.1) is 18.8 Å². The van der Waals surface area contributed by atoms with Crippen LogP contribution in [0.25, 0.3) is 0 Å². The number of ether oxygens (including phenoxy) is 1. The number of hydrogen-bond acceptors (Lipinski definition) is 3. The molecule has 0 spiro atoms. The van der Waals surface area contributed by atoms with Crippen LogP contribution in [0.5, 0.6) is 0 Å². The third kappa shape index (κ3) is 3.63.